The Labute approximate surface area is 207 Å². The van der Waals surface area contributed by atoms with E-state index in [4.69, 9.17) is 26.2 Å². The first-order valence-electron chi connectivity index (χ1n) is 11.0. The van der Waals surface area contributed by atoms with Gasteiger partial charge in [0.05, 0.1) is 6.04 Å². The summed E-state index contributed by atoms with van der Waals surface area (Å²) in [5.74, 6) is -2.29. The van der Waals surface area contributed by atoms with Gasteiger partial charge in [0.25, 0.3) is 0 Å². The molecule has 0 aromatic heterocycles. The van der Waals surface area contributed by atoms with Crippen molar-refractivity contribution in [1.29, 1.82) is 0 Å². The number of nitrogens with zero attached hydrogens (tertiary/aromatic N) is 2. The van der Waals surface area contributed by atoms with Crippen LogP contribution in [0.4, 0.5) is 13.2 Å². The Hall–Kier alpha value is -2.34. The van der Waals surface area contributed by atoms with E-state index in [1.54, 1.807) is 22.5 Å². The lowest BCUT2D eigenvalue weighted by molar-refractivity contribution is -0.192. The Morgan fingerprint density at radius 3 is 2.43 bits per heavy atom. The van der Waals surface area contributed by atoms with Gasteiger partial charge in [0.1, 0.15) is 16.7 Å². The summed E-state index contributed by atoms with van der Waals surface area (Å²) in [5.41, 5.74) is 1.17. The van der Waals surface area contributed by atoms with Crippen LogP contribution in [0.15, 0.2) is 53.4 Å². The third-order valence-corrected chi connectivity index (χ3v) is 8.11. The molecule has 1 N–H and O–H groups in total. The fraction of sp³-hybridized carbons (Fsp3) is 0.435. The molecular formula is C23H26ClF3N2O5S. The third-order valence-electron chi connectivity index (χ3n) is 5.83. The average Bonchev–Trinajstić information content (AvgIpc) is 3.01. The molecule has 0 radical (unpaired) electrons. The number of halogens is 4. The molecule has 35 heavy (non-hydrogen) atoms. The van der Waals surface area contributed by atoms with Crippen molar-refractivity contribution in [3.05, 3.63) is 59.1 Å². The lowest BCUT2D eigenvalue weighted by atomic mass is 10.1. The molecule has 2 aliphatic heterocycles. The van der Waals surface area contributed by atoms with Gasteiger partial charge in [-0.15, -0.1) is 0 Å². The van der Waals surface area contributed by atoms with Crippen molar-refractivity contribution in [1.82, 2.24) is 9.21 Å². The molecule has 12 heteroatoms. The number of rotatable bonds is 3. The van der Waals surface area contributed by atoms with E-state index in [0.29, 0.717) is 12.3 Å². The zero-order valence-electron chi connectivity index (χ0n) is 18.9. The van der Waals surface area contributed by atoms with E-state index >= 15 is 0 Å². The summed E-state index contributed by atoms with van der Waals surface area (Å²) in [6.45, 7) is 4.81. The second-order valence-electron chi connectivity index (χ2n) is 8.17. The SMILES string of the molecule is CCN1[C@H]2CCN(Cc3cccc(Cl)c3)CC[C@@H]2Oc2ccccc2S1(=O)=O.O=C(O)C(F)(F)F. The van der Waals surface area contributed by atoms with Crippen LogP contribution in [0.1, 0.15) is 25.3 Å². The molecule has 2 heterocycles. The van der Waals surface area contributed by atoms with Gasteiger partial charge in [0.15, 0.2) is 0 Å². The van der Waals surface area contributed by atoms with Gasteiger partial charge < -0.3 is 9.84 Å². The highest BCUT2D eigenvalue weighted by Gasteiger charge is 2.42. The quantitative estimate of drug-likeness (QED) is 0.628. The fourth-order valence-corrected chi connectivity index (χ4v) is 6.29. The number of hydrogen-bond acceptors (Lipinski definition) is 5. The lowest BCUT2D eigenvalue weighted by Crippen LogP contribution is -2.46. The smallest absolute Gasteiger partial charge is 0.487 e. The molecule has 7 nitrogen and oxygen atoms in total. The molecule has 0 spiro atoms. The predicted molar refractivity (Wildman–Crippen MR) is 124 cm³/mol. The first-order valence-corrected chi connectivity index (χ1v) is 12.8. The summed E-state index contributed by atoms with van der Waals surface area (Å²) in [6, 6.07) is 14.7. The highest BCUT2D eigenvalue weighted by atomic mass is 35.5. The maximum absolute atomic E-state index is 13.3. The molecule has 0 aliphatic carbocycles. The van der Waals surface area contributed by atoms with E-state index in [0.717, 1.165) is 37.5 Å². The summed E-state index contributed by atoms with van der Waals surface area (Å²) in [4.78, 5) is 11.5. The fourth-order valence-electron chi connectivity index (χ4n) is 4.27. The van der Waals surface area contributed by atoms with Gasteiger partial charge in [0, 0.05) is 31.2 Å². The van der Waals surface area contributed by atoms with Gasteiger partial charge in [-0.3, -0.25) is 4.90 Å². The molecule has 0 amide bonds. The van der Waals surface area contributed by atoms with Crippen molar-refractivity contribution >= 4 is 27.6 Å². The van der Waals surface area contributed by atoms with Crippen molar-refractivity contribution in [3.63, 3.8) is 0 Å². The van der Waals surface area contributed by atoms with Crippen LogP contribution in [0.25, 0.3) is 0 Å². The number of ether oxygens (including phenoxy) is 1. The minimum Gasteiger partial charge on any atom is -0.487 e. The molecule has 4 rings (SSSR count). The largest absolute Gasteiger partial charge is 0.490 e. The van der Waals surface area contributed by atoms with Crippen molar-refractivity contribution < 1.29 is 36.2 Å². The Morgan fingerprint density at radius 2 is 1.80 bits per heavy atom. The molecule has 0 unspecified atom stereocenters. The monoisotopic (exact) mass is 534 g/mol. The van der Waals surface area contributed by atoms with Crippen LogP contribution in [-0.4, -0.2) is 66.7 Å². The van der Waals surface area contributed by atoms with Crippen molar-refractivity contribution in [2.24, 2.45) is 0 Å². The number of sulfonamides is 1. The topological polar surface area (TPSA) is 87.2 Å². The van der Waals surface area contributed by atoms with E-state index in [2.05, 4.69) is 11.0 Å². The molecule has 2 aromatic carbocycles. The number of carbonyl (C=O) groups is 1. The average molecular weight is 535 g/mol. The van der Waals surface area contributed by atoms with Crippen molar-refractivity contribution in [2.45, 2.75) is 49.5 Å². The first-order chi connectivity index (χ1) is 16.4. The van der Waals surface area contributed by atoms with Crippen molar-refractivity contribution in [3.8, 4) is 5.75 Å². The second kappa shape index (κ2) is 11.2. The molecule has 0 bridgehead atoms. The van der Waals surface area contributed by atoms with E-state index in [1.165, 1.54) is 5.56 Å². The maximum atomic E-state index is 13.3. The lowest BCUT2D eigenvalue weighted by Gasteiger charge is -2.30. The Balaban J connectivity index is 0.000000429. The van der Waals surface area contributed by atoms with Gasteiger partial charge in [-0.05, 0) is 42.7 Å². The van der Waals surface area contributed by atoms with Crippen LogP contribution < -0.4 is 4.74 Å². The van der Waals surface area contributed by atoms with E-state index in [9.17, 15) is 21.6 Å². The van der Waals surface area contributed by atoms with Gasteiger partial charge >= 0.3 is 12.1 Å². The van der Waals surface area contributed by atoms with Crippen LogP contribution in [0, 0.1) is 0 Å². The summed E-state index contributed by atoms with van der Waals surface area (Å²) >= 11 is 6.12. The number of para-hydroxylation sites is 1. The standard InChI is InChI=1S/C21H25ClN2O3S.C2HF3O2/c1-2-24-18-10-12-23(15-16-6-5-7-17(22)14-16)13-11-19(18)27-20-8-3-4-9-21(20)28(24,25)26;3-2(4,5)1(6)7/h3-9,14,18-19H,2,10-13,15H2,1H3;(H,6,7)/t18-,19-;/m0./s1. The number of fused-ring (bicyclic) bond motifs is 2. The molecule has 1 saturated heterocycles. The molecular weight excluding hydrogens is 509 g/mol. The Kier molecular flexibility index (Phi) is 8.68. The summed E-state index contributed by atoms with van der Waals surface area (Å²) in [5, 5.41) is 7.86. The number of hydrogen-bond donors (Lipinski definition) is 1. The van der Waals surface area contributed by atoms with Crippen LogP contribution in [0.3, 0.4) is 0 Å². The van der Waals surface area contributed by atoms with Crippen LogP contribution in [0.2, 0.25) is 5.02 Å². The maximum Gasteiger partial charge on any atom is 0.490 e. The number of likely N-dealkylation sites (N-methyl/N-ethyl adjacent to an activating group) is 1. The highest BCUT2D eigenvalue weighted by Crippen LogP contribution is 2.36. The predicted octanol–water partition coefficient (Wildman–Crippen LogP) is 4.41. The highest BCUT2D eigenvalue weighted by molar-refractivity contribution is 7.89. The Bertz CT molecular complexity index is 1150. The number of likely N-dealkylation sites (tertiary alicyclic amines) is 1. The summed E-state index contributed by atoms with van der Waals surface area (Å²) < 4.78 is 66.1. The summed E-state index contributed by atoms with van der Waals surface area (Å²) in [6.07, 6.45) is -3.71. The van der Waals surface area contributed by atoms with E-state index in [-0.39, 0.29) is 17.0 Å². The number of carboxylic acid groups (broad SMARTS) is 1. The molecule has 2 aliphatic rings. The summed E-state index contributed by atoms with van der Waals surface area (Å²) in [7, 11) is -3.57. The first kappa shape index (κ1) is 27.3. The number of benzene rings is 2. The number of carboxylic acids is 1. The zero-order valence-corrected chi connectivity index (χ0v) is 20.5. The molecule has 0 saturated carbocycles. The van der Waals surface area contributed by atoms with Crippen LogP contribution in [-0.2, 0) is 21.4 Å². The molecule has 192 valence electrons. The van der Waals surface area contributed by atoms with Gasteiger partial charge in [-0.1, -0.05) is 42.8 Å². The molecule has 1 fully saturated rings. The normalized spacial score (nSPS) is 22.3. The van der Waals surface area contributed by atoms with E-state index < -0.39 is 22.2 Å². The Morgan fingerprint density at radius 1 is 1.14 bits per heavy atom. The van der Waals surface area contributed by atoms with Crippen molar-refractivity contribution in [2.75, 3.05) is 19.6 Å². The number of alkyl halides is 3. The van der Waals surface area contributed by atoms with Crippen LogP contribution >= 0.6 is 11.6 Å². The third kappa shape index (κ3) is 6.66. The van der Waals surface area contributed by atoms with E-state index in [1.807, 2.05) is 31.2 Å². The minimum atomic E-state index is -5.08. The second-order valence-corrected chi connectivity index (χ2v) is 10.5. The molecule has 2 atom stereocenters. The van der Waals surface area contributed by atoms with Gasteiger partial charge in [0.2, 0.25) is 10.0 Å². The minimum absolute atomic E-state index is 0.150. The molecule has 2 aromatic rings. The van der Waals surface area contributed by atoms with Gasteiger partial charge in [-0.2, -0.15) is 17.5 Å². The zero-order chi connectivity index (χ0) is 25.8. The van der Waals surface area contributed by atoms with Crippen LogP contribution in [0.5, 0.6) is 5.75 Å². The number of aliphatic carboxylic acids is 1. The van der Waals surface area contributed by atoms with Gasteiger partial charge in [-0.25, -0.2) is 13.2 Å².